The van der Waals surface area contributed by atoms with Crippen molar-refractivity contribution in [2.24, 2.45) is 11.8 Å². The van der Waals surface area contributed by atoms with E-state index in [2.05, 4.69) is 39.6 Å². The molecule has 4 rings (SSSR count). The van der Waals surface area contributed by atoms with E-state index in [4.69, 9.17) is 9.31 Å². The minimum absolute atomic E-state index is 0.0924. The van der Waals surface area contributed by atoms with Crippen LogP contribution in [0.3, 0.4) is 0 Å². The van der Waals surface area contributed by atoms with Gasteiger partial charge in [-0.3, -0.25) is 0 Å². The van der Waals surface area contributed by atoms with Crippen LogP contribution in [0.15, 0.2) is 42.5 Å². The summed E-state index contributed by atoms with van der Waals surface area (Å²) in [5.74, 6) is 1.19. The van der Waals surface area contributed by atoms with Crippen LogP contribution < -0.4 is 0 Å². The first kappa shape index (κ1) is 34.0. The molecule has 4 nitrogen and oxygen atoms in total. The molecule has 0 saturated carbocycles. The predicted octanol–water partition coefficient (Wildman–Crippen LogP) is 9.45. The zero-order valence-corrected chi connectivity index (χ0v) is 25.4. The van der Waals surface area contributed by atoms with Crippen LogP contribution in [0.2, 0.25) is 6.32 Å². The molecular weight excluding hydrogens is 557 g/mol. The largest absolute Gasteiger partial charge is 0.458 e. The fourth-order valence-corrected chi connectivity index (χ4v) is 6.26. The molecule has 2 heterocycles. The van der Waals surface area contributed by atoms with Crippen molar-refractivity contribution in [3.05, 3.63) is 65.0 Å². The Kier molecular flexibility index (Phi) is 10.8. The topological polar surface area (TPSA) is 36.3 Å². The Morgan fingerprint density at radius 1 is 1.00 bits per heavy atom. The Labute approximate surface area is 244 Å². The minimum atomic E-state index is -4.95. The number of hydrogen-bond donors (Lipinski definition) is 0. The molecule has 3 aromatic rings. The van der Waals surface area contributed by atoms with Crippen molar-refractivity contribution in [3.63, 3.8) is 0 Å². The van der Waals surface area contributed by atoms with E-state index in [1.807, 2.05) is 13.8 Å². The van der Waals surface area contributed by atoms with Gasteiger partial charge in [0.1, 0.15) is 5.82 Å². The van der Waals surface area contributed by atoms with E-state index < -0.39 is 36.2 Å². The first-order valence-electron chi connectivity index (χ1n) is 14.7. The monoisotopic (exact) mass is 598 g/mol. The maximum atomic E-state index is 13.9. The third kappa shape index (κ3) is 7.16. The number of benzene rings is 2. The molecule has 3 atom stereocenters. The predicted molar refractivity (Wildman–Crippen MR) is 154 cm³/mol. The van der Waals surface area contributed by atoms with Gasteiger partial charge < -0.3 is 13.9 Å². The number of imidazole rings is 1. The zero-order valence-electron chi connectivity index (χ0n) is 25.4. The molecule has 1 aliphatic rings. The van der Waals surface area contributed by atoms with Crippen LogP contribution in [0.4, 0.5) is 26.3 Å². The number of para-hydroxylation sites is 2. The van der Waals surface area contributed by atoms with Crippen LogP contribution in [0.25, 0.3) is 11.0 Å². The lowest BCUT2D eigenvalue weighted by atomic mass is 9.74. The molecule has 1 saturated heterocycles. The lowest BCUT2D eigenvalue weighted by Gasteiger charge is -2.39. The molecule has 1 fully saturated rings. The SMILES string of the molecule is CC.CCC1OB(CCc2nc3ccccc3n2Cc2ccc(C(F)(F)F)cc2C(F)(F)F)OC1(C)C(CC)C(C)C. The highest BCUT2D eigenvalue weighted by atomic mass is 19.4. The standard InChI is InChI=1S/C29H35BF6N2O2.C2H6/c1-6-21(18(3)4)27(5)25(7-2)39-30(40-27)15-14-26-37-23-10-8-9-11-24(23)38(26)17-19-12-13-20(28(31,32)33)16-22(19)29(34,35)36;1-2/h8-13,16,18,21,25H,6-7,14-15,17H2,1-5H3;1-2H3. The number of alkyl halides is 6. The van der Waals surface area contributed by atoms with Gasteiger partial charge in [0.25, 0.3) is 0 Å². The summed E-state index contributed by atoms with van der Waals surface area (Å²) < 4.78 is 95.7. The van der Waals surface area contributed by atoms with E-state index in [9.17, 15) is 26.3 Å². The third-order valence-corrected chi connectivity index (χ3v) is 8.10. The third-order valence-electron chi connectivity index (χ3n) is 8.10. The first-order chi connectivity index (χ1) is 19.7. The van der Waals surface area contributed by atoms with E-state index in [0.717, 1.165) is 18.9 Å². The molecular formula is C31H41BF6N2O2. The Morgan fingerprint density at radius 2 is 1.67 bits per heavy atom. The molecule has 0 N–H and O–H groups in total. The van der Waals surface area contributed by atoms with Crippen molar-refractivity contribution in [1.29, 1.82) is 0 Å². The Balaban J connectivity index is 0.00000237. The van der Waals surface area contributed by atoms with Gasteiger partial charge in [0.15, 0.2) is 0 Å². The molecule has 0 amide bonds. The number of fused-ring (bicyclic) bond motifs is 1. The van der Waals surface area contributed by atoms with Crippen LogP contribution >= 0.6 is 0 Å². The molecule has 232 valence electrons. The smallest absolute Gasteiger partial charge is 0.405 e. The minimum Gasteiger partial charge on any atom is -0.405 e. The van der Waals surface area contributed by atoms with E-state index in [0.29, 0.717) is 41.6 Å². The number of nitrogens with zero attached hydrogens (tertiary/aromatic N) is 2. The molecule has 1 aromatic heterocycles. The maximum absolute atomic E-state index is 13.9. The summed E-state index contributed by atoms with van der Waals surface area (Å²) >= 11 is 0. The summed E-state index contributed by atoms with van der Waals surface area (Å²) in [6.45, 7) is 14.3. The van der Waals surface area contributed by atoms with Crippen LogP contribution in [-0.2, 0) is 34.6 Å². The number of rotatable bonds is 9. The summed E-state index contributed by atoms with van der Waals surface area (Å²) in [6.07, 6.45) is -7.43. The average molecular weight is 598 g/mol. The Bertz CT molecular complexity index is 1320. The lowest BCUT2D eigenvalue weighted by molar-refractivity contribution is -0.143. The molecule has 2 aromatic carbocycles. The summed E-state index contributed by atoms with van der Waals surface area (Å²) in [6, 6.07) is 8.80. The maximum Gasteiger partial charge on any atom is 0.458 e. The highest BCUT2D eigenvalue weighted by molar-refractivity contribution is 6.45. The molecule has 0 bridgehead atoms. The summed E-state index contributed by atoms with van der Waals surface area (Å²) in [5, 5.41) is 0. The van der Waals surface area contributed by atoms with Crippen LogP contribution in [0, 0.1) is 11.8 Å². The van der Waals surface area contributed by atoms with Gasteiger partial charge in [0, 0.05) is 13.0 Å². The molecule has 42 heavy (non-hydrogen) atoms. The van der Waals surface area contributed by atoms with Gasteiger partial charge in [-0.05, 0) is 61.3 Å². The molecule has 1 aliphatic heterocycles. The van der Waals surface area contributed by atoms with Gasteiger partial charge in [0.2, 0.25) is 0 Å². The van der Waals surface area contributed by atoms with Gasteiger partial charge in [-0.1, -0.05) is 66.2 Å². The Morgan fingerprint density at radius 3 is 2.24 bits per heavy atom. The van der Waals surface area contributed by atoms with E-state index in [-0.39, 0.29) is 30.2 Å². The van der Waals surface area contributed by atoms with Crippen molar-refractivity contribution in [2.45, 2.75) is 105 Å². The van der Waals surface area contributed by atoms with E-state index in [1.165, 1.54) is 0 Å². The normalized spacial score (nSPS) is 20.2. The number of hydrogen-bond acceptors (Lipinski definition) is 3. The molecule has 0 spiro atoms. The lowest BCUT2D eigenvalue weighted by Crippen LogP contribution is -2.46. The van der Waals surface area contributed by atoms with Gasteiger partial charge in [-0.25, -0.2) is 4.98 Å². The van der Waals surface area contributed by atoms with Crippen molar-refractivity contribution in [2.75, 3.05) is 0 Å². The zero-order chi connectivity index (χ0) is 31.5. The quantitative estimate of drug-likeness (QED) is 0.182. The fourth-order valence-electron chi connectivity index (χ4n) is 6.26. The molecule has 3 unspecified atom stereocenters. The van der Waals surface area contributed by atoms with Crippen LogP contribution in [0.1, 0.15) is 83.8 Å². The molecule has 0 radical (unpaired) electrons. The second-order valence-electron chi connectivity index (χ2n) is 11.0. The van der Waals surface area contributed by atoms with Gasteiger partial charge >= 0.3 is 19.5 Å². The van der Waals surface area contributed by atoms with Crippen LogP contribution in [0.5, 0.6) is 0 Å². The highest BCUT2D eigenvalue weighted by Gasteiger charge is 2.51. The van der Waals surface area contributed by atoms with Crippen molar-refractivity contribution < 1.29 is 35.7 Å². The van der Waals surface area contributed by atoms with Crippen molar-refractivity contribution in [3.8, 4) is 0 Å². The second kappa shape index (κ2) is 13.4. The Hall–Kier alpha value is -2.53. The van der Waals surface area contributed by atoms with Gasteiger partial charge in [0.05, 0.1) is 33.9 Å². The van der Waals surface area contributed by atoms with Gasteiger partial charge in [-0.15, -0.1) is 0 Å². The van der Waals surface area contributed by atoms with Crippen molar-refractivity contribution in [1.82, 2.24) is 9.55 Å². The number of aryl methyl sites for hydroxylation is 1. The number of halogens is 6. The van der Waals surface area contributed by atoms with E-state index in [1.54, 1.807) is 28.8 Å². The fraction of sp³-hybridized carbons (Fsp3) is 0.581. The van der Waals surface area contributed by atoms with Crippen LogP contribution in [-0.4, -0.2) is 28.4 Å². The second-order valence-corrected chi connectivity index (χ2v) is 11.0. The van der Waals surface area contributed by atoms with Gasteiger partial charge in [-0.2, -0.15) is 26.3 Å². The first-order valence-corrected chi connectivity index (χ1v) is 14.7. The summed E-state index contributed by atoms with van der Waals surface area (Å²) in [4.78, 5) is 4.66. The highest BCUT2D eigenvalue weighted by Crippen LogP contribution is 2.42. The average Bonchev–Trinajstić information content (AvgIpc) is 3.44. The number of aromatic nitrogens is 2. The van der Waals surface area contributed by atoms with Crippen molar-refractivity contribution >= 4 is 18.2 Å². The molecule has 0 aliphatic carbocycles. The van der Waals surface area contributed by atoms with E-state index >= 15 is 0 Å². The summed E-state index contributed by atoms with van der Waals surface area (Å²) in [5.41, 5.74) is -2.19. The summed E-state index contributed by atoms with van der Waals surface area (Å²) in [7, 11) is -0.507. The molecule has 11 heteroatoms.